The summed E-state index contributed by atoms with van der Waals surface area (Å²) in [6.45, 7) is 12.9. The van der Waals surface area contributed by atoms with Crippen LogP contribution >= 0.6 is 0 Å². The van der Waals surface area contributed by atoms with E-state index in [1.54, 1.807) is 0 Å². The lowest BCUT2D eigenvalue weighted by Crippen LogP contribution is -2.52. The van der Waals surface area contributed by atoms with E-state index in [-0.39, 0.29) is 0 Å². The molecular formula is C11H25NO. The predicted molar refractivity (Wildman–Crippen MR) is 58.1 cm³/mol. The monoisotopic (exact) mass is 187 g/mol. The van der Waals surface area contributed by atoms with E-state index in [1.165, 1.54) is 13.0 Å². The van der Waals surface area contributed by atoms with Gasteiger partial charge in [-0.05, 0) is 19.4 Å². The van der Waals surface area contributed by atoms with Crippen molar-refractivity contribution in [1.29, 1.82) is 0 Å². The maximum atomic E-state index is 5.56. The van der Waals surface area contributed by atoms with E-state index < -0.39 is 0 Å². The van der Waals surface area contributed by atoms with Crippen LogP contribution in [0.5, 0.6) is 0 Å². The Morgan fingerprint density at radius 2 is 1.77 bits per heavy atom. The minimum absolute atomic E-state index is 0.543. The molecule has 1 rings (SSSR count). The Morgan fingerprint density at radius 1 is 1.15 bits per heavy atom. The minimum atomic E-state index is 0.543. The molecule has 0 aromatic heterocycles. The van der Waals surface area contributed by atoms with Crippen LogP contribution in [-0.4, -0.2) is 37.2 Å². The van der Waals surface area contributed by atoms with Gasteiger partial charge in [0.05, 0.1) is 6.10 Å². The van der Waals surface area contributed by atoms with Gasteiger partial charge in [0.25, 0.3) is 0 Å². The van der Waals surface area contributed by atoms with Crippen LogP contribution in [0.15, 0.2) is 0 Å². The van der Waals surface area contributed by atoms with Gasteiger partial charge in [0.1, 0.15) is 0 Å². The molecule has 2 heteroatoms. The van der Waals surface area contributed by atoms with Crippen molar-refractivity contribution < 1.29 is 4.74 Å². The van der Waals surface area contributed by atoms with Gasteiger partial charge in [-0.15, -0.1) is 0 Å². The highest BCUT2D eigenvalue weighted by Gasteiger charge is 2.25. The summed E-state index contributed by atoms with van der Waals surface area (Å²) in [5.74, 6) is 0. The van der Waals surface area contributed by atoms with Gasteiger partial charge >= 0.3 is 0 Å². The van der Waals surface area contributed by atoms with E-state index >= 15 is 0 Å². The van der Waals surface area contributed by atoms with E-state index in [4.69, 9.17) is 4.74 Å². The Labute approximate surface area is 83.3 Å². The third-order valence-corrected chi connectivity index (χ3v) is 2.02. The topological polar surface area (TPSA) is 12.5 Å². The van der Waals surface area contributed by atoms with Crippen LogP contribution in [0.1, 0.15) is 40.5 Å². The number of ether oxygens (including phenoxy) is 1. The largest absolute Gasteiger partial charge is 0.376 e. The maximum absolute atomic E-state index is 5.56. The van der Waals surface area contributed by atoms with Crippen LogP contribution in [0.4, 0.5) is 0 Å². The molecule has 0 bridgehead atoms. The molecule has 13 heavy (non-hydrogen) atoms. The van der Waals surface area contributed by atoms with E-state index in [0.29, 0.717) is 6.10 Å². The molecule has 1 saturated heterocycles. The molecule has 1 heterocycles. The normalized spacial score (nSPS) is 17.5. The van der Waals surface area contributed by atoms with Gasteiger partial charge in [-0.1, -0.05) is 27.7 Å². The van der Waals surface area contributed by atoms with Crippen molar-refractivity contribution in [3.8, 4) is 0 Å². The van der Waals surface area contributed by atoms with Crippen LogP contribution < -0.4 is 0 Å². The Bertz CT molecular complexity index is 100. The quantitative estimate of drug-likeness (QED) is 0.656. The fraction of sp³-hybridized carbons (Fsp3) is 1.00. The molecule has 2 nitrogen and oxygen atoms in total. The number of nitrogens with zero attached hydrogens (tertiary/aromatic N) is 1. The molecule has 0 radical (unpaired) electrons. The molecule has 0 unspecified atom stereocenters. The van der Waals surface area contributed by atoms with Gasteiger partial charge in [-0.25, -0.2) is 0 Å². The van der Waals surface area contributed by atoms with Crippen molar-refractivity contribution in [2.45, 2.75) is 46.6 Å². The minimum Gasteiger partial charge on any atom is -0.376 e. The summed E-state index contributed by atoms with van der Waals surface area (Å²) in [4.78, 5) is 2.44. The lowest BCUT2D eigenvalue weighted by Gasteiger charge is -2.38. The Morgan fingerprint density at radius 3 is 2.23 bits per heavy atom. The number of hydrogen-bond acceptors (Lipinski definition) is 2. The van der Waals surface area contributed by atoms with E-state index in [1.807, 2.05) is 13.8 Å². The fourth-order valence-corrected chi connectivity index (χ4v) is 1.41. The Balaban J connectivity index is 0.000000671. The molecule has 80 valence electrons. The first-order valence-corrected chi connectivity index (χ1v) is 5.70. The summed E-state index contributed by atoms with van der Waals surface area (Å²) in [5.41, 5.74) is 0. The highest BCUT2D eigenvalue weighted by atomic mass is 16.5. The molecule has 0 saturated carbocycles. The molecule has 0 aliphatic carbocycles. The molecule has 0 spiro atoms. The lowest BCUT2D eigenvalue weighted by molar-refractivity contribution is -0.0536. The molecule has 1 fully saturated rings. The Hall–Kier alpha value is -0.0800. The van der Waals surface area contributed by atoms with Gasteiger partial charge in [0.15, 0.2) is 0 Å². The molecule has 0 aromatic rings. The van der Waals surface area contributed by atoms with Crippen LogP contribution in [0.3, 0.4) is 0 Å². The molecule has 0 atom stereocenters. The summed E-state index contributed by atoms with van der Waals surface area (Å²) >= 11 is 0. The van der Waals surface area contributed by atoms with Crippen LogP contribution in [0, 0.1) is 0 Å². The Kier molecular flexibility index (Phi) is 8.46. The summed E-state index contributed by atoms with van der Waals surface area (Å²) in [5, 5.41) is 0. The van der Waals surface area contributed by atoms with Gasteiger partial charge in [-0.2, -0.15) is 0 Å². The average molecular weight is 187 g/mol. The molecule has 0 N–H and O–H groups in total. The van der Waals surface area contributed by atoms with Crippen molar-refractivity contribution in [3.05, 3.63) is 0 Å². The molecule has 1 aliphatic heterocycles. The molecule has 0 aromatic carbocycles. The second-order valence-corrected chi connectivity index (χ2v) is 3.25. The standard InChI is InChI=1S/C9H19NO.C2H6/c1-3-5-10-7-9(8-10)11-6-4-2;1-2/h9H,3-8H2,1-2H3;1-2H3. The van der Waals surface area contributed by atoms with E-state index in [9.17, 15) is 0 Å². The zero-order valence-electron chi connectivity index (χ0n) is 9.68. The number of hydrogen-bond donors (Lipinski definition) is 0. The van der Waals surface area contributed by atoms with Crippen LogP contribution in [0.2, 0.25) is 0 Å². The lowest BCUT2D eigenvalue weighted by atomic mass is 10.1. The third kappa shape index (κ3) is 5.27. The zero-order valence-corrected chi connectivity index (χ0v) is 9.68. The highest BCUT2D eigenvalue weighted by molar-refractivity contribution is 4.79. The summed E-state index contributed by atoms with van der Waals surface area (Å²) in [6, 6.07) is 0. The second-order valence-electron chi connectivity index (χ2n) is 3.25. The van der Waals surface area contributed by atoms with E-state index in [0.717, 1.165) is 26.1 Å². The summed E-state index contributed by atoms with van der Waals surface area (Å²) in [6.07, 6.45) is 2.95. The highest BCUT2D eigenvalue weighted by Crippen LogP contribution is 2.11. The average Bonchev–Trinajstić information content (AvgIpc) is 2.12. The molecule has 1 aliphatic rings. The first kappa shape index (κ1) is 12.9. The zero-order chi connectivity index (χ0) is 10.1. The van der Waals surface area contributed by atoms with Crippen molar-refractivity contribution >= 4 is 0 Å². The summed E-state index contributed by atoms with van der Waals surface area (Å²) < 4.78 is 5.56. The summed E-state index contributed by atoms with van der Waals surface area (Å²) in [7, 11) is 0. The van der Waals surface area contributed by atoms with Crippen molar-refractivity contribution in [2.24, 2.45) is 0 Å². The molecule has 0 amide bonds. The van der Waals surface area contributed by atoms with Crippen molar-refractivity contribution in [3.63, 3.8) is 0 Å². The molecular weight excluding hydrogens is 162 g/mol. The van der Waals surface area contributed by atoms with E-state index in [2.05, 4.69) is 18.7 Å². The predicted octanol–water partition coefficient (Wildman–Crippen LogP) is 2.53. The first-order chi connectivity index (χ1) is 6.36. The van der Waals surface area contributed by atoms with Gasteiger partial charge in [0, 0.05) is 19.7 Å². The SMILES string of the molecule is CC.CCCOC1CN(CCC)C1. The van der Waals surface area contributed by atoms with Gasteiger partial charge in [-0.3, -0.25) is 4.90 Å². The third-order valence-electron chi connectivity index (χ3n) is 2.02. The smallest absolute Gasteiger partial charge is 0.0828 e. The second kappa shape index (κ2) is 8.52. The van der Waals surface area contributed by atoms with Crippen molar-refractivity contribution in [1.82, 2.24) is 4.90 Å². The van der Waals surface area contributed by atoms with Crippen molar-refractivity contribution in [2.75, 3.05) is 26.2 Å². The fourth-order valence-electron chi connectivity index (χ4n) is 1.41. The van der Waals surface area contributed by atoms with Gasteiger partial charge in [0.2, 0.25) is 0 Å². The van der Waals surface area contributed by atoms with Crippen LogP contribution in [0.25, 0.3) is 0 Å². The number of likely N-dealkylation sites (tertiary alicyclic amines) is 1. The maximum Gasteiger partial charge on any atom is 0.0828 e. The first-order valence-electron chi connectivity index (χ1n) is 5.70. The number of rotatable bonds is 5. The van der Waals surface area contributed by atoms with Crippen LogP contribution in [-0.2, 0) is 4.74 Å². The van der Waals surface area contributed by atoms with Gasteiger partial charge < -0.3 is 4.74 Å².